The van der Waals surface area contributed by atoms with E-state index in [2.05, 4.69) is 20.4 Å². The Morgan fingerprint density at radius 3 is 3.00 bits per heavy atom. The molecule has 7 nitrogen and oxygen atoms in total. The van der Waals surface area contributed by atoms with Crippen molar-refractivity contribution in [2.24, 2.45) is 12.8 Å². The van der Waals surface area contributed by atoms with Crippen LogP contribution in [0, 0.1) is 0 Å². The fourth-order valence-electron chi connectivity index (χ4n) is 1.20. The van der Waals surface area contributed by atoms with Gasteiger partial charge in [-0.2, -0.15) is 5.10 Å². The third kappa shape index (κ3) is 1.62. The van der Waals surface area contributed by atoms with E-state index in [4.69, 9.17) is 5.73 Å². The van der Waals surface area contributed by atoms with Crippen LogP contribution in [0.25, 0.3) is 0 Å². The molecule has 0 spiro atoms. The van der Waals surface area contributed by atoms with E-state index in [9.17, 15) is 0 Å². The molecule has 0 saturated carbocycles. The number of hydrogen-bond donors (Lipinski definition) is 1. The Kier molecular flexibility index (Phi) is 2.23. The summed E-state index contributed by atoms with van der Waals surface area (Å²) in [6.07, 6.45) is 3.32. The maximum absolute atomic E-state index is 5.49. The van der Waals surface area contributed by atoms with E-state index in [1.54, 1.807) is 9.36 Å². The van der Waals surface area contributed by atoms with Crippen LogP contribution in [0.15, 0.2) is 12.5 Å². The average molecular weight is 193 g/mol. The summed E-state index contributed by atoms with van der Waals surface area (Å²) in [5, 5.41) is 11.8. The first kappa shape index (κ1) is 8.82. The monoisotopic (exact) mass is 193 g/mol. The number of aromatic nitrogens is 6. The van der Waals surface area contributed by atoms with E-state index in [1.165, 1.54) is 6.33 Å². The molecule has 2 N–H and O–H groups in total. The lowest BCUT2D eigenvalue weighted by Gasteiger charge is -1.99. The molecule has 0 aliphatic rings. The highest BCUT2D eigenvalue weighted by atomic mass is 15.4. The van der Waals surface area contributed by atoms with Gasteiger partial charge in [0.15, 0.2) is 0 Å². The largest absolute Gasteiger partial charge is 0.324 e. The molecule has 0 unspecified atom stereocenters. The van der Waals surface area contributed by atoms with E-state index in [1.807, 2.05) is 13.2 Å². The summed E-state index contributed by atoms with van der Waals surface area (Å²) >= 11 is 0. The molecule has 0 amide bonds. The van der Waals surface area contributed by atoms with Crippen LogP contribution >= 0.6 is 0 Å². The van der Waals surface area contributed by atoms with E-state index in [0.29, 0.717) is 13.1 Å². The summed E-state index contributed by atoms with van der Waals surface area (Å²) in [4.78, 5) is 4.01. The smallest absolute Gasteiger partial charge is 0.141 e. The van der Waals surface area contributed by atoms with Crippen molar-refractivity contribution in [1.29, 1.82) is 0 Å². The molecule has 0 aliphatic carbocycles. The Morgan fingerprint density at radius 1 is 1.50 bits per heavy atom. The zero-order chi connectivity index (χ0) is 9.97. The normalized spacial score (nSPS) is 10.7. The predicted molar refractivity (Wildman–Crippen MR) is 48.0 cm³/mol. The molecule has 2 rings (SSSR count). The fraction of sp³-hybridized carbons (Fsp3) is 0.429. The van der Waals surface area contributed by atoms with Gasteiger partial charge < -0.3 is 5.73 Å². The Hall–Kier alpha value is -1.76. The van der Waals surface area contributed by atoms with Crippen molar-refractivity contribution >= 4 is 0 Å². The zero-order valence-corrected chi connectivity index (χ0v) is 7.83. The van der Waals surface area contributed by atoms with Crippen LogP contribution in [0.4, 0.5) is 0 Å². The highest BCUT2D eigenvalue weighted by molar-refractivity contribution is 4.95. The van der Waals surface area contributed by atoms with Crippen LogP contribution in [0.2, 0.25) is 0 Å². The topological polar surface area (TPSA) is 87.4 Å². The minimum atomic E-state index is 0.375. The number of nitrogens with zero attached hydrogens (tertiary/aromatic N) is 6. The number of hydrogen-bond acceptors (Lipinski definition) is 5. The third-order valence-electron chi connectivity index (χ3n) is 1.84. The maximum atomic E-state index is 5.49. The number of rotatable bonds is 3. The molecule has 7 heteroatoms. The summed E-state index contributed by atoms with van der Waals surface area (Å²) in [6.45, 7) is 0.931. The second-order valence-corrected chi connectivity index (χ2v) is 2.92. The van der Waals surface area contributed by atoms with Gasteiger partial charge in [-0.25, -0.2) is 9.67 Å². The third-order valence-corrected chi connectivity index (χ3v) is 1.84. The zero-order valence-electron chi connectivity index (χ0n) is 7.83. The summed E-state index contributed by atoms with van der Waals surface area (Å²) in [5.74, 6) is 0.746. The van der Waals surface area contributed by atoms with Crippen molar-refractivity contribution < 1.29 is 0 Å². The van der Waals surface area contributed by atoms with Crippen LogP contribution < -0.4 is 5.73 Å². The lowest BCUT2D eigenvalue weighted by Crippen LogP contribution is -2.11. The number of nitrogens with two attached hydrogens (primary N) is 1. The van der Waals surface area contributed by atoms with Gasteiger partial charge in [0.05, 0.1) is 13.1 Å². The van der Waals surface area contributed by atoms with E-state index >= 15 is 0 Å². The molecule has 0 aliphatic heterocycles. The van der Waals surface area contributed by atoms with Crippen LogP contribution in [-0.4, -0.2) is 29.8 Å². The first-order valence-electron chi connectivity index (χ1n) is 4.21. The lowest BCUT2D eigenvalue weighted by molar-refractivity contribution is 0.626. The SMILES string of the molecule is Cn1cc(Cn2ncnc2CN)nn1. The van der Waals surface area contributed by atoms with Crippen LogP contribution in [0.1, 0.15) is 11.5 Å². The molecule has 0 atom stereocenters. The first-order valence-corrected chi connectivity index (χ1v) is 4.21. The van der Waals surface area contributed by atoms with Gasteiger partial charge in [-0.1, -0.05) is 5.21 Å². The van der Waals surface area contributed by atoms with Crippen molar-refractivity contribution in [3.63, 3.8) is 0 Å². The molecule has 0 fully saturated rings. The molecule has 0 saturated heterocycles. The van der Waals surface area contributed by atoms with Gasteiger partial charge in [0, 0.05) is 13.2 Å². The lowest BCUT2D eigenvalue weighted by atomic mass is 10.4. The molecular formula is C7H11N7. The summed E-state index contributed by atoms with van der Waals surface area (Å²) in [7, 11) is 1.82. The molecule has 14 heavy (non-hydrogen) atoms. The number of aryl methyl sites for hydroxylation is 1. The summed E-state index contributed by atoms with van der Waals surface area (Å²) in [5.41, 5.74) is 6.33. The van der Waals surface area contributed by atoms with Gasteiger partial charge in [-0.3, -0.25) is 4.68 Å². The van der Waals surface area contributed by atoms with Crippen LogP contribution in [-0.2, 0) is 20.1 Å². The quantitative estimate of drug-likeness (QED) is 0.669. The van der Waals surface area contributed by atoms with Crippen molar-refractivity contribution in [3.8, 4) is 0 Å². The molecular weight excluding hydrogens is 182 g/mol. The van der Waals surface area contributed by atoms with Gasteiger partial charge in [-0.15, -0.1) is 5.10 Å². The van der Waals surface area contributed by atoms with Crippen molar-refractivity contribution in [3.05, 3.63) is 24.0 Å². The molecule has 0 bridgehead atoms. The Morgan fingerprint density at radius 2 is 2.36 bits per heavy atom. The second-order valence-electron chi connectivity index (χ2n) is 2.92. The minimum Gasteiger partial charge on any atom is -0.324 e. The Labute approximate surface area is 80.5 Å². The molecule has 74 valence electrons. The van der Waals surface area contributed by atoms with E-state index < -0.39 is 0 Å². The summed E-state index contributed by atoms with van der Waals surface area (Å²) < 4.78 is 3.36. The molecule has 0 radical (unpaired) electrons. The van der Waals surface area contributed by atoms with Crippen molar-refractivity contribution in [1.82, 2.24) is 29.8 Å². The van der Waals surface area contributed by atoms with Crippen LogP contribution in [0.5, 0.6) is 0 Å². The van der Waals surface area contributed by atoms with E-state index in [0.717, 1.165) is 11.5 Å². The van der Waals surface area contributed by atoms with Crippen molar-refractivity contribution in [2.45, 2.75) is 13.1 Å². The Bertz CT molecular complexity index is 415. The standard InChI is InChI=1S/C7H11N7/c1-13-3-6(11-12-13)4-14-7(2-8)9-5-10-14/h3,5H,2,4,8H2,1H3. The molecule has 2 heterocycles. The van der Waals surface area contributed by atoms with E-state index in [-0.39, 0.29) is 0 Å². The maximum Gasteiger partial charge on any atom is 0.141 e. The highest BCUT2D eigenvalue weighted by Gasteiger charge is 2.04. The average Bonchev–Trinajstić information content (AvgIpc) is 2.76. The van der Waals surface area contributed by atoms with Gasteiger partial charge in [0.1, 0.15) is 17.8 Å². The Balaban J connectivity index is 2.18. The molecule has 2 aromatic heterocycles. The summed E-state index contributed by atoms with van der Waals surface area (Å²) in [6, 6.07) is 0. The fourth-order valence-corrected chi connectivity index (χ4v) is 1.20. The van der Waals surface area contributed by atoms with Gasteiger partial charge in [0.25, 0.3) is 0 Å². The first-order chi connectivity index (χ1) is 6.79. The van der Waals surface area contributed by atoms with Crippen molar-refractivity contribution in [2.75, 3.05) is 0 Å². The molecule has 2 aromatic rings. The molecule has 0 aromatic carbocycles. The van der Waals surface area contributed by atoms with Gasteiger partial charge >= 0.3 is 0 Å². The van der Waals surface area contributed by atoms with Gasteiger partial charge in [0.2, 0.25) is 0 Å². The second kappa shape index (κ2) is 3.54. The predicted octanol–water partition coefficient (Wildman–Crippen LogP) is -1.09. The highest BCUT2D eigenvalue weighted by Crippen LogP contribution is 1.98. The van der Waals surface area contributed by atoms with Crippen LogP contribution in [0.3, 0.4) is 0 Å². The van der Waals surface area contributed by atoms with Gasteiger partial charge in [-0.05, 0) is 0 Å². The minimum absolute atomic E-state index is 0.375.